The highest BCUT2D eigenvalue weighted by molar-refractivity contribution is 9.10. The zero-order valence-corrected chi connectivity index (χ0v) is 20.1. The van der Waals surface area contributed by atoms with E-state index in [1.165, 1.54) is 4.57 Å². The summed E-state index contributed by atoms with van der Waals surface area (Å²) in [5.74, 6) is -0.611. The predicted molar refractivity (Wildman–Crippen MR) is 136 cm³/mol. The molecule has 3 aromatic carbocycles. The highest BCUT2D eigenvalue weighted by Crippen LogP contribution is 2.15. The zero-order valence-electron chi connectivity index (χ0n) is 17.0. The summed E-state index contributed by atoms with van der Waals surface area (Å²) in [6.07, 6.45) is 1.74. The molecule has 0 unspecified atom stereocenters. The van der Waals surface area contributed by atoms with Crippen molar-refractivity contribution in [2.24, 2.45) is 0 Å². The predicted octanol–water partition coefficient (Wildman–Crippen LogP) is 4.46. The van der Waals surface area contributed by atoms with Gasteiger partial charge in [0.2, 0.25) is 0 Å². The number of amides is 1. The van der Waals surface area contributed by atoms with E-state index in [-0.39, 0.29) is 15.8 Å². The molecule has 0 aliphatic heterocycles. The number of halogens is 2. The third-order valence-corrected chi connectivity index (χ3v) is 6.48. The number of anilines is 1. The van der Waals surface area contributed by atoms with Crippen molar-refractivity contribution in [3.63, 3.8) is 0 Å². The summed E-state index contributed by atoms with van der Waals surface area (Å²) >= 11 is 10.4. The molecular formula is C25H15BrClN3O2S. The monoisotopic (exact) mass is 535 g/mol. The Labute approximate surface area is 206 Å². The van der Waals surface area contributed by atoms with Crippen molar-refractivity contribution in [3.8, 4) is 11.8 Å². The van der Waals surface area contributed by atoms with Crippen LogP contribution in [0.3, 0.4) is 0 Å². The van der Waals surface area contributed by atoms with Crippen LogP contribution in [0.15, 0.2) is 88.1 Å². The van der Waals surface area contributed by atoms with Crippen LogP contribution in [0.25, 0.3) is 17.3 Å². The number of hydrogen-bond donors (Lipinski definition) is 1. The van der Waals surface area contributed by atoms with Gasteiger partial charge >= 0.3 is 0 Å². The van der Waals surface area contributed by atoms with E-state index < -0.39 is 5.91 Å². The molecule has 4 rings (SSSR count). The Morgan fingerprint density at radius 2 is 1.79 bits per heavy atom. The average Bonchev–Trinajstić information content (AvgIpc) is 3.12. The lowest BCUT2D eigenvalue weighted by molar-refractivity contribution is -0.111. The standard InChI is InChI=1S/C25H15BrClN3O2S/c26-17-6-4-5-16(13-17)14-22-24(32)30(20-7-2-1-3-8-20)25(33-22)21(15-28)23(31)29-19-11-9-18(27)10-12-19/h1-14H,(H,29,31). The molecule has 1 amide bonds. The fourth-order valence-electron chi connectivity index (χ4n) is 3.13. The van der Waals surface area contributed by atoms with Crippen LogP contribution in [0.4, 0.5) is 5.69 Å². The van der Waals surface area contributed by atoms with Crippen LogP contribution in [0.1, 0.15) is 5.56 Å². The first-order chi connectivity index (χ1) is 16.0. The highest BCUT2D eigenvalue weighted by atomic mass is 79.9. The number of rotatable bonds is 4. The Kier molecular flexibility index (Phi) is 6.90. The Morgan fingerprint density at radius 3 is 2.45 bits per heavy atom. The van der Waals surface area contributed by atoms with E-state index in [1.807, 2.05) is 36.4 Å². The number of thiazole rings is 1. The Morgan fingerprint density at radius 1 is 1.06 bits per heavy atom. The first kappa shape index (κ1) is 22.7. The normalized spacial score (nSPS) is 12.2. The van der Waals surface area contributed by atoms with E-state index in [4.69, 9.17) is 11.6 Å². The van der Waals surface area contributed by atoms with Gasteiger partial charge in [-0.2, -0.15) is 5.26 Å². The summed E-state index contributed by atoms with van der Waals surface area (Å²) in [7, 11) is 0. The topological polar surface area (TPSA) is 74.9 Å². The van der Waals surface area contributed by atoms with Gasteiger partial charge in [0.1, 0.15) is 10.7 Å². The number of nitrogens with one attached hydrogen (secondary N) is 1. The quantitative estimate of drug-likeness (QED) is 0.419. The van der Waals surface area contributed by atoms with Crippen molar-refractivity contribution >= 4 is 62.1 Å². The average molecular weight is 537 g/mol. The fourth-order valence-corrected chi connectivity index (χ4v) is 4.78. The third-order valence-electron chi connectivity index (χ3n) is 4.64. The van der Waals surface area contributed by atoms with E-state index in [0.29, 0.717) is 20.9 Å². The summed E-state index contributed by atoms with van der Waals surface area (Å²) in [6, 6.07) is 25.0. The van der Waals surface area contributed by atoms with Gasteiger partial charge in [0.25, 0.3) is 11.5 Å². The molecule has 0 saturated carbocycles. The molecule has 0 bridgehead atoms. The molecule has 1 aromatic heterocycles. The van der Waals surface area contributed by atoms with Crippen LogP contribution in [-0.4, -0.2) is 10.5 Å². The first-order valence-electron chi connectivity index (χ1n) is 9.72. The second-order valence-corrected chi connectivity index (χ2v) is 9.28. The van der Waals surface area contributed by atoms with Crippen molar-refractivity contribution in [3.05, 3.63) is 113 Å². The lowest BCUT2D eigenvalue weighted by Crippen LogP contribution is -2.32. The zero-order chi connectivity index (χ0) is 23.4. The van der Waals surface area contributed by atoms with Crippen LogP contribution in [0.5, 0.6) is 0 Å². The molecule has 0 saturated heterocycles. The second-order valence-electron chi connectivity index (χ2n) is 6.89. The van der Waals surface area contributed by atoms with Crippen LogP contribution in [0, 0.1) is 11.3 Å². The van der Waals surface area contributed by atoms with Gasteiger partial charge in [-0.1, -0.05) is 57.9 Å². The van der Waals surface area contributed by atoms with Crippen LogP contribution < -0.4 is 20.1 Å². The molecule has 33 heavy (non-hydrogen) atoms. The number of carbonyl (C=O) groups is 1. The molecule has 0 aliphatic carbocycles. The van der Waals surface area contributed by atoms with Crippen molar-refractivity contribution in [2.45, 2.75) is 0 Å². The molecule has 5 nitrogen and oxygen atoms in total. The summed E-state index contributed by atoms with van der Waals surface area (Å²) in [4.78, 5) is 26.4. The molecule has 1 heterocycles. The van der Waals surface area contributed by atoms with Crippen LogP contribution in [-0.2, 0) is 4.79 Å². The SMILES string of the molecule is N#CC(C(=O)Nc1ccc(Cl)cc1)=c1sc(=Cc2cccc(Br)c2)c(=O)n1-c1ccccc1. The van der Waals surface area contributed by atoms with Gasteiger partial charge in [-0.05, 0) is 60.2 Å². The minimum atomic E-state index is -0.611. The maximum Gasteiger partial charge on any atom is 0.273 e. The van der Waals surface area contributed by atoms with Gasteiger partial charge in [0.15, 0.2) is 5.57 Å². The Bertz CT molecular complexity index is 1550. The Hall–Kier alpha value is -3.44. The molecule has 0 aliphatic rings. The number of para-hydroxylation sites is 1. The van der Waals surface area contributed by atoms with Crippen LogP contribution >= 0.6 is 38.9 Å². The minimum absolute atomic E-state index is 0.162. The second kappa shape index (κ2) is 10.0. The maximum atomic E-state index is 13.4. The summed E-state index contributed by atoms with van der Waals surface area (Å²) in [5, 5.41) is 13.1. The van der Waals surface area contributed by atoms with E-state index in [9.17, 15) is 14.9 Å². The number of benzene rings is 3. The minimum Gasteiger partial charge on any atom is -0.321 e. The number of carbonyl (C=O) groups excluding carboxylic acids is 1. The molecular weight excluding hydrogens is 522 g/mol. The number of nitrogens with zero attached hydrogens (tertiary/aromatic N) is 2. The van der Waals surface area contributed by atoms with E-state index in [1.54, 1.807) is 54.6 Å². The number of aromatic nitrogens is 1. The Balaban J connectivity index is 1.94. The molecule has 1 N–H and O–H groups in total. The van der Waals surface area contributed by atoms with Crippen molar-refractivity contribution in [2.75, 3.05) is 5.32 Å². The van der Waals surface area contributed by atoms with Gasteiger partial charge in [-0.25, -0.2) is 0 Å². The van der Waals surface area contributed by atoms with E-state index in [0.717, 1.165) is 21.4 Å². The van der Waals surface area contributed by atoms with Gasteiger partial charge in [-0.3, -0.25) is 14.2 Å². The molecule has 0 radical (unpaired) electrons. The van der Waals surface area contributed by atoms with Crippen molar-refractivity contribution in [1.82, 2.24) is 4.57 Å². The van der Waals surface area contributed by atoms with Crippen molar-refractivity contribution < 1.29 is 4.79 Å². The third kappa shape index (κ3) is 5.15. The smallest absolute Gasteiger partial charge is 0.273 e. The highest BCUT2D eigenvalue weighted by Gasteiger charge is 2.17. The molecule has 162 valence electrons. The van der Waals surface area contributed by atoms with Gasteiger partial charge < -0.3 is 5.32 Å². The maximum absolute atomic E-state index is 13.4. The lowest BCUT2D eigenvalue weighted by Gasteiger charge is -2.06. The summed E-state index contributed by atoms with van der Waals surface area (Å²) in [6.45, 7) is 0. The van der Waals surface area contributed by atoms with E-state index >= 15 is 0 Å². The van der Waals surface area contributed by atoms with E-state index in [2.05, 4.69) is 21.2 Å². The van der Waals surface area contributed by atoms with Gasteiger partial charge in [0, 0.05) is 15.2 Å². The first-order valence-corrected chi connectivity index (χ1v) is 11.7. The number of hydrogen-bond acceptors (Lipinski definition) is 4. The molecule has 0 atom stereocenters. The largest absolute Gasteiger partial charge is 0.321 e. The summed E-state index contributed by atoms with van der Waals surface area (Å²) < 4.78 is 2.93. The molecule has 0 spiro atoms. The van der Waals surface area contributed by atoms with Gasteiger partial charge in [-0.15, -0.1) is 11.3 Å². The van der Waals surface area contributed by atoms with Gasteiger partial charge in [0.05, 0.1) is 10.2 Å². The lowest BCUT2D eigenvalue weighted by atomic mass is 10.2. The number of nitriles is 1. The van der Waals surface area contributed by atoms with Crippen LogP contribution in [0.2, 0.25) is 5.02 Å². The molecule has 0 fully saturated rings. The van der Waals surface area contributed by atoms with Crippen molar-refractivity contribution in [1.29, 1.82) is 5.26 Å². The molecule has 8 heteroatoms. The fraction of sp³-hybridized carbons (Fsp3) is 0. The summed E-state index contributed by atoms with van der Waals surface area (Å²) in [5.41, 5.74) is 1.40. The molecule has 4 aromatic rings.